The van der Waals surface area contributed by atoms with Crippen LogP contribution in [0.1, 0.15) is 45.4 Å². The molecule has 2 fully saturated rings. The second-order valence-corrected chi connectivity index (χ2v) is 9.56. The van der Waals surface area contributed by atoms with Crippen molar-refractivity contribution < 1.29 is 17.9 Å². The third-order valence-electron chi connectivity index (χ3n) is 5.28. The van der Waals surface area contributed by atoms with Crippen LogP contribution in [-0.4, -0.2) is 44.4 Å². The van der Waals surface area contributed by atoms with Gasteiger partial charge >= 0.3 is 0 Å². The Morgan fingerprint density at radius 1 is 1.26 bits per heavy atom. The molecule has 1 atom stereocenters. The number of piperidine rings is 1. The van der Waals surface area contributed by atoms with E-state index in [2.05, 4.69) is 5.32 Å². The molecule has 1 saturated carbocycles. The number of carbonyl (C=O) groups excluding carboxylic acids is 1. The van der Waals surface area contributed by atoms with Gasteiger partial charge in [-0.2, -0.15) is 4.31 Å². The standard InChI is InChI=1S/C19H27ClN2O4S/c1-2-26-17-10-9-15(20)12-18(17)27(24,25)22-11-5-6-14(13-22)19(23)21-16-7-3-4-8-16/h9-10,12,14,16H,2-8,11,13H2,1H3,(H,21,23)/t14-/m1/s1. The van der Waals surface area contributed by atoms with Gasteiger partial charge in [0.25, 0.3) is 0 Å². The van der Waals surface area contributed by atoms with Crippen LogP contribution < -0.4 is 10.1 Å². The lowest BCUT2D eigenvalue weighted by atomic mass is 9.98. The summed E-state index contributed by atoms with van der Waals surface area (Å²) in [5, 5.41) is 3.43. The van der Waals surface area contributed by atoms with E-state index in [-0.39, 0.29) is 29.3 Å². The maximum absolute atomic E-state index is 13.2. The Bertz CT molecular complexity index is 778. The van der Waals surface area contributed by atoms with E-state index in [9.17, 15) is 13.2 Å². The number of hydrogen-bond donors (Lipinski definition) is 1. The topological polar surface area (TPSA) is 75.7 Å². The molecule has 1 amide bonds. The van der Waals surface area contributed by atoms with Crippen molar-refractivity contribution in [2.75, 3.05) is 19.7 Å². The molecule has 1 heterocycles. The zero-order valence-corrected chi connectivity index (χ0v) is 17.2. The highest BCUT2D eigenvalue weighted by Crippen LogP contribution is 2.32. The molecule has 1 aliphatic heterocycles. The Kier molecular flexibility index (Phi) is 6.65. The SMILES string of the molecule is CCOc1ccc(Cl)cc1S(=O)(=O)N1CCC[C@@H](C(=O)NC2CCCC2)C1. The molecule has 0 aromatic heterocycles. The number of sulfonamides is 1. The lowest BCUT2D eigenvalue weighted by molar-refractivity contribution is -0.126. The van der Waals surface area contributed by atoms with Crippen LogP contribution in [0.4, 0.5) is 0 Å². The maximum Gasteiger partial charge on any atom is 0.246 e. The highest BCUT2D eigenvalue weighted by molar-refractivity contribution is 7.89. The van der Waals surface area contributed by atoms with E-state index < -0.39 is 10.0 Å². The first-order chi connectivity index (χ1) is 12.9. The average molecular weight is 415 g/mol. The van der Waals surface area contributed by atoms with Gasteiger partial charge in [0.1, 0.15) is 10.6 Å². The number of amides is 1. The quantitative estimate of drug-likeness (QED) is 0.775. The van der Waals surface area contributed by atoms with Crippen LogP contribution in [0.2, 0.25) is 5.02 Å². The molecule has 3 rings (SSSR count). The molecular formula is C19H27ClN2O4S. The first kappa shape index (κ1) is 20.4. The van der Waals surface area contributed by atoms with E-state index in [1.807, 2.05) is 0 Å². The van der Waals surface area contributed by atoms with Crippen molar-refractivity contribution in [1.82, 2.24) is 9.62 Å². The van der Waals surface area contributed by atoms with Crippen LogP contribution in [0, 0.1) is 5.92 Å². The lowest BCUT2D eigenvalue weighted by Crippen LogP contribution is -2.47. The average Bonchev–Trinajstić information content (AvgIpc) is 3.16. The third-order valence-corrected chi connectivity index (χ3v) is 7.40. The number of benzene rings is 1. The largest absolute Gasteiger partial charge is 0.492 e. The molecule has 1 saturated heterocycles. The summed E-state index contributed by atoms with van der Waals surface area (Å²) in [7, 11) is -3.79. The molecule has 0 unspecified atom stereocenters. The third kappa shape index (κ3) is 4.76. The molecular weight excluding hydrogens is 388 g/mol. The van der Waals surface area contributed by atoms with E-state index in [4.69, 9.17) is 16.3 Å². The summed E-state index contributed by atoms with van der Waals surface area (Å²) in [4.78, 5) is 12.7. The van der Waals surface area contributed by atoms with Crippen molar-refractivity contribution in [2.45, 2.75) is 56.4 Å². The van der Waals surface area contributed by atoms with Crippen molar-refractivity contribution in [3.63, 3.8) is 0 Å². The van der Waals surface area contributed by atoms with E-state index in [1.165, 1.54) is 10.4 Å². The zero-order valence-electron chi connectivity index (χ0n) is 15.6. The predicted octanol–water partition coefficient (Wildman–Crippen LogP) is 3.20. The number of ether oxygens (including phenoxy) is 1. The van der Waals surface area contributed by atoms with Crippen LogP contribution in [0.5, 0.6) is 5.75 Å². The first-order valence-electron chi connectivity index (χ1n) is 9.64. The fourth-order valence-corrected chi connectivity index (χ4v) is 5.78. The summed E-state index contributed by atoms with van der Waals surface area (Å²) in [6, 6.07) is 4.85. The Morgan fingerprint density at radius 3 is 2.70 bits per heavy atom. The van der Waals surface area contributed by atoms with Crippen molar-refractivity contribution in [1.29, 1.82) is 0 Å². The molecule has 1 N–H and O–H groups in total. The van der Waals surface area contributed by atoms with Crippen molar-refractivity contribution in [3.8, 4) is 5.75 Å². The summed E-state index contributed by atoms with van der Waals surface area (Å²) < 4.78 is 33.3. The minimum Gasteiger partial charge on any atom is -0.492 e. The first-order valence-corrected chi connectivity index (χ1v) is 11.5. The molecule has 6 nitrogen and oxygen atoms in total. The van der Waals surface area contributed by atoms with Crippen LogP contribution >= 0.6 is 11.6 Å². The normalized spacial score (nSPS) is 21.9. The second kappa shape index (κ2) is 8.80. The Hall–Kier alpha value is -1.31. The van der Waals surface area contributed by atoms with Crippen LogP contribution in [0.25, 0.3) is 0 Å². The van der Waals surface area contributed by atoms with Gasteiger partial charge in [-0.3, -0.25) is 4.79 Å². The fourth-order valence-electron chi connectivity index (χ4n) is 3.86. The number of nitrogens with one attached hydrogen (secondary N) is 1. The van der Waals surface area contributed by atoms with E-state index >= 15 is 0 Å². The van der Waals surface area contributed by atoms with Gasteiger partial charge in [0.2, 0.25) is 15.9 Å². The van der Waals surface area contributed by atoms with E-state index in [1.54, 1.807) is 19.1 Å². The molecule has 0 spiro atoms. The maximum atomic E-state index is 13.2. The highest BCUT2D eigenvalue weighted by atomic mass is 35.5. The van der Waals surface area contributed by atoms with Crippen LogP contribution in [0.3, 0.4) is 0 Å². The highest BCUT2D eigenvalue weighted by Gasteiger charge is 2.35. The number of hydrogen-bond acceptors (Lipinski definition) is 4. The van der Waals surface area contributed by atoms with Crippen molar-refractivity contribution in [2.24, 2.45) is 5.92 Å². The lowest BCUT2D eigenvalue weighted by Gasteiger charge is -2.32. The van der Waals surface area contributed by atoms with Gasteiger partial charge in [0.05, 0.1) is 12.5 Å². The summed E-state index contributed by atoms with van der Waals surface area (Å²) in [5.41, 5.74) is 0. The van der Waals surface area contributed by atoms with E-state index in [0.29, 0.717) is 36.8 Å². The van der Waals surface area contributed by atoms with Gasteiger partial charge in [-0.1, -0.05) is 24.4 Å². The van der Waals surface area contributed by atoms with Crippen LogP contribution in [0.15, 0.2) is 23.1 Å². The Balaban J connectivity index is 1.76. The molecule has 1 aromatic carbocycles. The minimum atomic E-state index is -3.79. The molecule has 2 aliphatic rings. The monoisotopic (exact) mass is 414 g/mol. The smallest absolute Gasteiger partial charge is 0.246 e. The van der Waals surface area contributed by atoms with Gasteiger partial charge in [-0.15, -0.1) is 0 Å². The summed E-state index contributed by atoms with van der Waals surface area (Å²) in [5.74, 6) is -0.0544. The number of nitrogens with zero attached hydrogens (tertiary/aromatic N) is 1. The number of carbonyl (C=O) groups is 1. The van der Waals surface area contributed by atoms with Gasteiger partial charge in [-0.05, 0) is 50.8 Å². The van der Waals surface area contributed by atoms with Gasteiger partial charge < -0.3 is 10.1 Å². The zero-order chi connectivity index (χ0) is 19.4. The molecule has 0 bridgehead atoms. The summed E-state index contributed by atoms with van der Waals surface area (Å²) in [6.45, 7) is 2.75. The van der Waals surface area contributed by atoms with Crippen LogP contribution in [-0.2, 0) is 14.8 Å². The minimum absolute atomic E-state index is 0.0297. The predicted molar refractivity (Wildman–Crippen MR) is 105 cm³/mol. The van der Waals surface area contributed by atoms with Gasteiger partial charge in [-0.25, -0.2) is 8.42 Å². The number of rotatable bonds is 6. The van der Waals surface area contributed by atoms with Crippen molar-refractivity contribution in [3.05, 3.63) is 23.2 Å². The van der Waals surface area contributed by atoms with Gasteiger partial charge in [0.15, 0.2) is 0 Å². The summed E-state index contributed by atoms with van der Waals surface area (Å²) >= 11 is 6.03. The second-order valence-electron chi connectivity index (χ2n) is 7.22. The Morgan fingerprint density at radius 2 is 2.00 bits per heavy atom. The van der Waals surface area contributed by atoms with Crippen molar-refractivity contribution >= 4 is 27.5 Å². The summed E-state index contributed by atoms with van der Waals surface area (Å²) in [6.07, 6.45) is 5.68. The molecule has 1 aromatic rings. The molecule has 27 heavy (non-hydrogen) atoms. The van der Waals surface area contributed by atoms with E-state index in [0.717, 1.165) is 25.7 Å². The number of halogens is 1. The molecule has 0 radical (unpaired) electrons. The molecule has 1 aliphatic carbocycles. The Labute approximate surface area is 166 Å². The fraction of sp³-hybridized carbons (Fsp3) is 0.632. The molecule has 150 valence electrons. The van der Waals surface area contributed by atoms with Gasteiger partial charge in [0, 0.05) is 24.2 Å². The molecule has 8 heteroatoms.